The molecular weight excluding hydrogens is 340 g/mol. The zero-order chi connectivity index (χ0) is 17.4. The molecule has 2 aromatic rings. The molecule has 8 heteroatoms. The van der Waals surface area contributed by atoms with Crippen molar-refractivity contribution in [3.8, 4) is 0 Å². The van der Waals surface area contributed by atoms with Crippen LogP contribution in [-0.2, 0) is 14.6 Å². The lowest BCUT2D eigenvalue weighted by atomic mass is 10.1. The number of nitrogens with zero attached hydrogens (tertiary/aromatic N) is 4. The highest BCUT2D eigenvalue weighted by Crippen LogP contribution is 2.29. The fourth-order valence-corrected chi connectivity index (χ4v) is 3.96. The van der Waals surface area contributed by atoms with Crippen LogP contribution in [0.2, 0.25) is 0 Å². The van der Waals surface area contributed by atoms with Crippen molar-refractivity contribution in [2.75, 3.05) is 44.0 Å². The van der Waals surface area contributed by atoms with Gasteiger partial charge in [-0.3, -0.25) is 9.98 Å². The SMILES string of the molecule is CS(=O)(=O)c1cc(N2CCOCC2)nc2c(C3=NCC=C3)nccc12. The minimum Gasteiger partial charge on any atom is -0.378 e. The predicted octanol–water partition coefficient (Wildman–Crippen LogP) is 1.23. The highest BCUT2D eigenvalue weighted by atomic mass is 32.2. The van der Waals surface area contributed by atoms with Crippen LogP contribution in [0.15, 0.2) is 40.4 Å². The maximum absolute atomic E-state index is 12.4. The molecular formula is C17H18N4O3S. The predicted molar refractivity (Wildman–Crippen MR) is 96.2 cm³/mol. The maximum atomic E-state index is 12.4. The van der Waals surface area contributed by atoms with Crippen molar-refractivity contribution >= 4 is 32.3 Å². The molecule has 0 saturated carbocycles. The molecule has 0 aromatic carbocycles. The van der Waals surface area contributed by atoms with Crippen LogP contribution in [0.25, 0.3) is 10.9 Å². The first-order valence-corrected chi connectivity index (χ1v) is 9.97. The Labute approximate surface area is 146 Å². The van der Waals surface area contributed by atoms with E-state index in [4.69, 9.17) is 9.72 Å². The second kappa shape index (κ2) is 6.20. The molecule has 2 aliphatic heterocycles. The average Bonchev–Trinajstić information content (AvgIpc) is 3.14. The summed E-state index contributed by atoms with van der Waals surface area (Å²) in [6, 6.07) is 3.35. The van der Waals surface area contributed by atoms with Crippen molar-refractivity contribution in [1.29, 1.82) is 0 Å². The Bertz CT molecular complexity index is 992. The summed E-state index contributed by atoms with van der Waals surface area (Å²) in [4.78, 5) is 15.9. The van der Waals surface area contributed by atoms with Crippen LogP contribution in [0.1, 0.15) is 5.69 Å². The Morgan fingerprint density at radius 1 is 1.24 bits per heavy atom. The molecule has 0 unspecified atom stereocenters. The van der Waals surface area contributed by atoms with Crippen LogP contribution < -0.4 is 4.90 Å². The van der Waals surface area contributed by atoms with E-state index in [2.05, 4.69) is 9.98 Å². The lowest BCUT2D eigenvalue weighted by Crippen LogP contribution is -2.36. The standard InChI is InChI=1S/C17H18N4O3S/c1-25(22,23)14-11-15(21-7-9-24-10-8-21)20-16-12(14)4-6-19-17(16)13-3-2-5-18-13/h2-4,6,11H,5,7-10H2,1H3. The number of rotatable bonds is 3. The third-order valence-electron chi connectivity index (χ3n) is 4.30. The molecule has 0 amide bonds. The van der Waals surface area contributed by atoms with E-state index in [1.54, 1.807) is 18.3 Å². The van der Waals surface area contributed by atoms with Crippen molar-refractivity contribution in [3.05, 3.63) is 36.2 Å². The van der Waals surface area contributed by atoms with E-state index in [-0.39, 0.29) is 4.90 Å². The maximum Gasteiger partial charge on any atom is 0.176 e. The van der Waals surface area contributed by atoms with Crippen molar-refractivity contribution in [2.24, 2.45) is 4.99 Å². The van der Waals surface area contributed by atoms with Gasteiger partial charge in [0.1, 0.15) is 17.0 Å². The van der Waals surface area contributed by atoms with Gasteiger partial charge in [-0.1, -0.05) is 6.08 Å². The van der Waals surface area contributed by atoms with Gasteiger partial charge in [0.15, 0.2) is 9.84 Å². The highest BCUT2D eigenvalue weighted by Gasteiger charge is 2.22. The van der Waals surface area contributed by atoms with E-state index in [0.717, 1.165) is 5.71 Å². The Morgan fingerprint density at radius 2 is 2.04 bits per heavy atom. The number of ether oxygens (including phenoxy) is 1. The minimum atomic E-state index is -3.41. The molecule has 1 saturated heterocycles. The van der Waals surface area contributed by atoms with Gasteiger partial charge in [0.25, 0.3) is 0 Å². The van der Waals surface area contributed by atoms with Crippen LogP contribution in [-0.4, -0.2) is 63.2 Å². The Kier molecular flexibility index (Phi) is 4.01. The molecule has 0 bridgehead atoms. The molecule has 7 nitrogen and oxygen atoms in total. The Balaban J connectivity index is 1.98. The summed E-state index contributed by atoms with van der Waals surface area (Å²) in [6.45, 7) is 3.17. The third-order valence-corrected chi connectivity index (χ3v) is 5.43. The summed E-state index contributed by atoms with van der Waals surface area (Å²) >= 11 is 0. The average molecular weight is 358 g/mol. The first-order chi connectivity index (χ1) is 12.0. The zero-order valence-electron chi connectivity index (χ0n) is 13.8. The van der Waals surface area contributed by atoms with Crippen LogP contribution in [0, 0.1) is 0 Å². The van der Waals surface area contributed by atoms with Gasteiger partial charge in [-0.15, -0.1) is 0 Å². The largest absolute Gasteiger partial charge is 0.378 e. The second-order valence-electron chi connectivity index (χ2n) is 6.03. The topological polar surface area (TPSA) is 84.8 Å². The smallest absolute Gasteiger partial charge is 0.176 e. The molecule has 4 rings (SSSR count). The number of fused-ring (bicyclic) bond motifs is 1. The number of allylic oxidation sites excluding steroid dienone is 1. The van der Waals surface area contributed by atoms with E-state index in [1.807, 2.05) is 17.1 Å². The molecule has 2 aromatic heterocycles. The number of aromatic nitrogens is 2. The molecule has 4 heterocycles. The zero-order valence-corrected chi connectivity index (χ0v) is 14.7. The van der Waals surface area contributed by atoms with E-state index in [9.17, 15) is 8.42 Å². The van der Waals surface area contributed by atoms with Gasteiger partial charge in [-0.2, -0.15) is 0 Å². The first-order valence-electron chi connectivity index (χ1n) is 8.08. The molecule has 1 fully saturated rings. The second-order valence-corrected chi connectivity index (χ2v) is 8.02. The van der Waals surface area contributed by atoms with Crippen LogP contribution in [0.5, 0.6) is 0 Å². The number of sulfone groups is 1. The van der Waals surface area contributed by atoms with E-state index in [1.165, 1.54) is 6.26 Å². The van der Waals surface area contributed by atoms with Crippen LogP contribution in [0.4, 0.5) is 5.82 Å². The molecule has 0 atom stereocenters. The minimum absolute atomic E-state index is 0.269. The molecule has 130 valence electrons. The van der Waals surface area contributed by atoms with Gasteiger partial charge in [0.05, 0.1) is 30.4 Å². The molecule has 2 aliphatic rings. The summed E-state index contributed by atoms with van der Waals surface area (Å²) in [5.41, 5.74) is 1.92. The number of hydrogen-bond donors (Lipinski definition) is 0. The molecule has 0 aliphatic carbocycles. The van der Waals surface area contributed by atoms with Gasteiger partial charge in [-0.25, -0.2) is 13.4 Å². The van der Waals surface area contributed by atoms with Crippen LogP contribution >= 0.6 is 0 Å². The van der Waals surface area contributed by atoms with E-state index >= 15 is 0 Å². The lowest BCUT2D eigenvalue weighted by Gasteiger charge is -2.28. The summed E-state index contributed by atoms with van der Waals surface area (Å²) in [7, 11) is -3.41. The van der Waals surface area contributed by atoms with Gasteiger partial charge < -0.3 is 9.64 Å². The fraction of sp³-hybridized carbons (Fsp3) is 0.353. The van der Waals surface area contributed by atoms with E-state index in [0.29, 0.717) is 55.3 Å². The van der Waals surface area contributed by atoms with Crippen molar-refractivity contribution in [3.63, 3.8) is 0 Å². The number of hydrogen-bond acceptors (Lipinski definition) is 7. The summed E-state index contributed by atoms with van der Waals surface area (Å²) in [6.07, 6.45) is 6.67. The lowest BCUT2D eigenvalue weighted by molar-refractivity contribution is 0.122. The fourth-order valence-electron chi connectivity index (χ4n) is 3.08. The van der Waals surface area contributed by atoms with Crippen molar-refractivity contribution in [1.82, 2.24) is 9.97 Å². The molecule has 0 N–H and O–H groups in total. The normalized spacial score (nSPS) is 18.0. The molecule has 25 heavy (non-hydrogen) atoms. The Hall–Kier alpha value is -2.32. The number of pyridine rings is 2. The van der Waals surface area contributed by atoms with Crippen LogP contribution in [0.3, 0.4) is 0 Å². The quantitative estimate of drug-likeness (QED) is 0.820. The summed E-state index contributed by atoms with van der Waals surface area (Å²) in [5.74, 6) is 0.632. The third kappa shape index (κ3) is 3.03. The van der Waals surface area contributed by atoms with Crippen molar-refractivity contribution in [2.45, 2.75) is 4.90 Å². The van der Waals surface area contributed by atoms with Crippen molar-refractivity contribution < 1.29 is 13.2 Å². The molecule has 0 radical (unpaired) electrons. The molecule has 0 spiro atoms. The monoisotopic (exact) mass is 358 g/mol. The van der Waals surface area contributed by atoms with Gasteiger partial charge >= 0.3 is 0 Å². The van der Waals surface area contributed by atoms with Gasteiger partial charge in [-0.05, 0) is 18.2 Å². The first kappa shape index (κ1) is 16.2. The summed E-state index contributed by atoms with van der Waals surface area (Å²) < 4.78 is 30.1. The van der Waals surface area contributed by atoms with E-state index < -0.39 is 9.84 Å². The van der Waals surface area contributed by atoms with Gasteiger partial charge in [0, 0.05) is 30.9 Å². The number of morpholine rings is 1. The number of anilines is 1. The Morgan fingerprint density at radius 3 is 2.72 bits per heavy atom. The highest BCUT2D eigenvalue weighted by molar-refractivity contribution is 7.91. The summed E-state index contributed by atoms with van der Waals surface area (Å²) in [5, 5.41) is 0.576. The number of aliphatic imine (C=N–C) groups is 1. The van der Waals surface area contributed by atoms with Gasteiger partial charge in [0.2, 0.25) is 0 Å².